The van der Waals surface area contributed by atoms with Crippen molar-refractivity contribution in [1.82, 2.24) is 9.55 Å². The minimum absolute atomic E-state index is 0.239. The van der Waals surface area contributed by atoms with Crippen LogP contribution in [0.5, 0.6) is 11.5 Å². The fourth-order valence-electron chi connectivity index (χ4n) is 1.81. The molecular formula is C13H16N2O2. The summed E-state index contributed by atoms with van der Waals surface area (Å²) in [4.78, 5) is 4.12. The van der Waals surface area contributed by atoms with Crippen LogP contribution in [0.25, 0.3) is 11.3 Å². The number of phenols is 1. The van der Waals surface area contributed by atoms with Gasteiger partial charge in [-0.1, -0.05) is 6.92 Å². The Morgan fingerprint density at radius 3 is 2.94 bits per heavy atom. The first kappa shape index (κ1) is 11.5. The van der Waals surface area contributed by atoms with E-state index in [4.69, 9.17) is 4.74 Å². The Balaban J connectivity index is 2.47. The van der Waals surface area contributed by atoms with E-state index in [0.29, 0.717) is 0 Å². The summed E-state index contributed by atoms with van der Waals surface area (Å²) in [5, 5.41) is 9.90. The van der Waals surface area contributed by atoms with E-state index >= 15 is 0 Å². The molecule has 2 rings (SSSR count). The number of aromatic hydroxyl groups is 1. The highest BCUT2D eigenvalue weighted by atomic mass is 16.5. The fraction of sp³-hybridized carbons (Fsp3) is 0.308. The molecule has 2 aromatic rings. The molecule has 0 aliphatic rings. The lowest BCUT2D eigenvalue weighted by Crippen LogP contribution is -1.97. The van der Waals surface area contributed by atoms with Crippen molar-refractivity contribution < 1.29 is 9.84 Å². The highest BCUT2D eigenvalue weighted by Gasteiger charge is 2.10. The SMILES string of the molecule is CCCn1cncc1-c1cc(OC)ccc1O. The molecule has 0 aliphatic carbocycles. The van der Waals surface area contributed by atoms with Crippen LogP contribution in [0, 0.1) is 0 Å². The van der Waals surface area contributed by atoms with Crippen LogP contribution in [0.4, 0.5) is 0 Å². The number of hydrogen-bond acceptors (Lipinski definition) is 3. The molecule has 0 saturated carbocycles. The normalized spacial score (nSPS) is 10.5. The van der Waals surface area contributed by atoms with Gasteiger partial charge < -0.3 is 14.4 Å². The number of hydrogen-bond donors (Lipinski definition) is 1. The summed E-state index contributed by atoms with van der Waals surface area (Å²) in [5.41, 5.74) is 1.65. The first-order valence-electron chi connectivity index (χ1n) is 5.63. The van der Waals surface area contributed by atoms with Gasteiger partial charge in [-0.05, 0) is 24.6 Å². The molecule has 1 aromatic heterocycles. The fourth-order valence-corrected chi connectivity index (χ4v) is 1.81. The molecular weight excluding hydrogens is 216 g/mol. The number of benzene rings is 1. The molecule has 4 nitrogen and oxygen atoms in total. The lowest BCUT2D eigenvalue weighted by atomic mass is 10.1. The summed E-state index contributed by atoms with van der Waals surface area (Å²) in [5.74, 6) is 0.964. The van der Waals surface area contributed by atoms with Gasteiger partial charge in [-0.2, -0.15) is 0 Å². The van der Waals surface area contributed by atoms with Crippen molar-refractivity contribution in [2.75, 3.05) is 7.11 Å². The van der Waals surface area contributed by atoms with Gasteiger partial charge in [-0.3, -0.25) is 0 Å². The van der Waals surface area contributed by atoms with E-state index in [0.717, 1.165) is 30.0 Å². The number of rotatable bonds is 4. The molecule has 0 fully saturated rings. The Hall–Kier alpha value is -1.97. The van der Waals surface area contributed by atoms with Crippen LogP contribution >= 0.6 is 0 Å². The average Bonchev–Trinajstić information content (AvgIpc) is 2.78. The number of phenolic OH excluding ortho intramolecular Hbond substituents is 1. The van der Waals surface area contributed by atoms with Crippen molar-refractivity contribution in [2.45, 2.75) is 19.9 Å². The summed E-state index contributed by atoms with van der Waals surface area (Å²) in [6, 6.07) is 5.19. The summed E-state index contributed by atoms with van der Waals surface area (Å²) >= 11 is 0. The first-order valence-corrected chi connectivity index (χ1v) is 5.63. The van der Waals surface area contributed by atoms with E-state index in [1.807, 2.05) is 10.6 Å². The number of aryl methyl sites for hydroxylation is 1. The van der Waals surface area contributed by atoms with Crippen LogP contribution in [-0.2, 0) is 6.54 Å². The van der Waals surface area contributed by atoms with Gasteiger partial charge in [0.15, 0.2) is 0 Å². The van der Waals surface area contributed by atoms with Crippen molar-refractivity contribution in [3.63, 3.8) is 0 Å². The van der Waals surface area contributed by atoms with Crippen molar-refractivity contribution in [2.24, 2.45) is 0 Å². The van der Waals surface area contributed by atoms with E-state index in [9.17, 15) is 5.11 Å². The summed E-state index contributed by atoms with van der Waals surface area (Å²) in [6.07, 6.45) is 4.55. The maximum atomic E-state index is 9.90. The zero-order chi connectivity index (χ0) is 12.3. The zero-order valence-electron chi connectivity index (χ0n) is 10.1. The van der Waals surface area contributed by atoms with Crippen LogP contribution in [-0.4, -0.2) is 21.8 Å². The summed E-state index contributed by atoms with van der Waals surface area (Å²) in [7, 11) is 1.61. The third-order valence-corrected chi connectivity index (χ3v) is 2.66. The van der Waals surface area contributed by atoms with E-state index < -0.39 is 0 Å². The molecule has 90 valence electrons. The molecule has 0 unspecified atom stereocenters. The second-order valence-electron chi connectivity index (χ2n) is 3.86. The second kappa shape index (κ2) is 4.91. The smallest absolute Gasteiger partial charge is 0.125 e. The Morgan fingerprint density at radius 2 is 2.24 bits per heavy atom. The van der Waals surface area contributed by atoms with E-state index in [-0.39, 0.29) is 5.75 Å². The van der Waals surface area contributed by atoms with Gasteiger partial charge in [0.2, 0.25) is 0 Å². The molecule has 1 N–H and O–H groups in total. The number of ether oxygens (including phenoxy) is 1. The van der Waals surface area contributed by atoms with Crippen LogP contribution in [0.2, 0.25) is 0 Å². The highest BCUT2D eigenvalue weighted by molar-refractivity contribution is 5.68. The number of methoxy groups -OCH3 is 1. The lowest BCUT2D eigenvalue weighted by Gasteiger charge is -2.09. The Bertz CT molecular complexity index is 506. The third kappa shape index (κ3) is 2.25. The molecule has 0 saturated heterocycles. The molecule has 0 amide bonds. The number of nitrogens with zero attached hydrogens (tertiary/aromatic N) is 2. The van der Waals surface area contributed by atoms with E-state index in [1.54, 1.807) is 31.8 Å². The van der Waals surface area contributed by atoms with Gasteiger partial charge in [-0.25, -0.2) is 4.98 Å². The molecule has 4 heteroatoms. The standard InChI is InChI=1S/C13H16N2O2/c1-3-6-15-9-14-8-12(15)11-7-10(17-2)4-5-13(11)16/h4-5,7-9,16H,3,6H2,1-2H3. The third-order valence-electron chi connectivity index (χ3n) is 2.66. The Kier molecular flexibility index (Phi) is 3.32. The summed E-state index contributed by atoms with van der Waals surface area (Å²) < 4.78 is 7.19. The quantitative estimate of drug-likeness (QED) is 0.881. The zero-order valence-corrected chi connectivity index (χ0v) is 10.1. The topological polar surface area (TPSA) is 47.3 Å². The van der Waals surface area contributed by atoms with Crippen molar-refractivity contribution in [1.29, 1.82) is 0 Å². The number of aromatic nitrogens is 2. The molecule has 0 bridgehead atoms. The average molecular weight is 232 g/mol. The van der Waals surface area contributed by atoms with Crippen LogP contribution < -0.4 is 4.74 Å². The molecule has 0 aliphatic heterocycles. The predicted molar refractivity (Wildman–Crippen MR) is 66.2 cm³/mol. The van der Waals surface area contributed by atoms with Gasteiger partial charge in [0.05, 0.1) is 25.3 Å². The van der Waals surface area contributed by atoms with Crippen LogP contribution in [0.1, 0.15) is 13.3 Å². The maximum absolute atomic E-state index is 9.90. The van der Waals surface area contributed by atoms with Crippen molar-refractivity contribution in [3.05, 3.63) is 30.7 Å². The van der Waals surface area contributed by atoms with Gasteiger partial charge in [0, 0.05) is 12.1 Å². The predicted octanol–water partition coefficient (Wildman–Crippen LogP) is 2.67. The highest BCUT2D eigenvalue weighted by Crippen LogP contribution is 2.32. The van der Waals surface area contributed by atoms with Crippen LogP contribution in [0.3, 0.4) is 0 Å². The number of imidazole rings is 1. The molecule has 0 spiro atoms. The minimum atomic E-state index is 0.239. The van der Waals surface area contributed by atoms with Crippen LogP contribution in [0.15, 0.2) is 30.7 Å². The molecule has 1 aromatic carbocycles. The van der Waals surface area contributed by atoms with Gasteiger partial charge >= 0.3 is 0 Å². The van der Waals surface area contributed by atoms with E-state index in [2.05, 4.69) is 11.9 Å². The molecule has 1 heterocycles. The van der Waals surface area contributed by atoms with Gasteiger partial charge in [0.25, 0.3) is 0 Å². The van der Waals surface area contributed by atoms with Gasteiger partial charge in [0.1, 0.15) is 11.5 Å². The van der Waals surface area contributed by atoms with E-state index in [1.165, 1.54) is 0 Å². The largest absolute Gasteiger partial charge is 0.507 e. The lowest BCUT2D eigenvalue weighted by molar-refractivity contribution is 0.412. The second-order valence-corrected chi connectivity index (χ2v) is 3.86. The van der Waals surface area contributed by atoms with Crippen molar-refractivity contribution in [3.8, 4) is 22.8 Å². The summed E-state index contributed by atoms with van der Waals surface area (Å²) in [6.45, 7) is 2.99. The molecule has 0 atom stereocenters. The minimum Gasteiger partial charge on any atom is -0.507 e. The monoisotopic (exact) mass is 232 g/mol. The first-order chi connectivity index (χ1) is 8.26. The Labute approximate surface area is 100 Å². The molecule has 0 radical (unpaired) electrons. The van der Waals surface area contributed by atoms with Crippen molar-refractivity contribution >= 4 is 0 Å². The molecule has 17 heavy (non-hydrogen) atoms. The van der Waals surface area contributed by atoms with Gasteiger partial charge in [-0.15, -0.1) is 0 Å². The Morgan fingerprint density at radius 1 is 1.41 bits per heavy atom. The maximum Gasteiger partial charge on any atom is 0.125 e.